The summed E-state index contributed by atoms with van der Waals surface area (Å²) in [5.74, 6) is 1.73. The van der Waals surface area contributed by atoms with E-state index < -0.39 is 0 Å². The first-order chi connectivity index (χ1) is 9.58. The number of nitrogens with zero attached hydrogens (tertiary/aromatic N) is 1. The fourth-order valence-electron chi connectivity index (χ4n) is 2.50. The minimum Gasteiger partial charge on any atom is -0.457 e. The molecule has 0 atom stereocenters. The van der Waals surface area contributed by atoms with E-state index in [2.05, 4.69) is 44.7 Å². The van der Waals surface area contributed by atoms with Gasteiger partial charge in [0.2, 0.25) is 0 Å². The molecule has 2 aromatic carbocycles. The molecular weight excluding hydrogens is 246 g/mol. The number of hydrogen-bond donors (Lipinski definition) is 0. The Labute approximate surface area is 122 Å². The van der Waals surface area contributed by atoms with E-state index in [4.69, 9.17) is 4.74 Å². The fraction of sp³-hybridized carbons (Fsp3) is 0.333. The molecule has 0 aliphatic carbocycles. The van der Waals surface area contributed by atoms with Gasteiger partial charge in [0.1, 0.15) is 11.5 Å². The van der Waals surface area contributed by atoms with E-state index in [9.17, 15) is 0 Å². The smallest absolute Gasteiger partial charge is 0.127 e. The third-order valence-corrected chi connectivity index (χ3v) is 3.23. The lowest BCUT2D eigenvalue weighted by Gasteiger charge is -2.33. The Kier molecular flexibility index (Phi) is 4.67. The van der Waals surface area contributed by atoms with Gasteiger partial charge in [-0.05, 0) is 64.1 Å². The molecule has 0 radical (unpaired) electrons. The highest BCUT2D eigenvalue weighted by atomic mass is 16.5. The Morgan fingerprint density at radius 3 is 1.70 bits per heavy atom. The van der Waals surface area contributed by atoms with Crippen LogP contribution in [0.1, 0.15) is 27.7 Å². The maximum absolute atomic E-state index is 5.82. The molecular formula is C18H23NO. The van der Waals surface area contributed by atoms with Gasteiger partial charge in [-0.2, -0.15) is 0 Å². The second-order valence-electron chi connectivity index (χ2n) is 5.50. The van der Waals surface area contributed by atoms with Gasteiger partial charge in [-0.15, -0.1) is 0 Å². The van der Waals surface area contributed by atoms with E-state index in [1.807, 2.05) is 42.5 Å². The second-order valence-corrected chi connectivity index (χ2v) is 5.50. The standard InChI is InChI=1S/C18H23NO/c1-14(2)19(15(3)4)16-10-12-18(13-11-16)20-17-8-6-5-7-9-17/h5-15H,1-4H3. The van der Waals surface area contributed by atoms with Crippen molar-refractivity contribution in [3.8, 4) is 11.5 Å². The Morgan fingerprint density at radius 2 is 1.20 bits per heavy atom. The van der Waals surface area contributed by atoms with E-state index >= 15 is 0 Å². The van der Waals surface area contributed by atoms with Gasteiger partial charge >= 0.3 is 0 Å². The van der Waals surface area contributed by atoms with Crippen LogP contribution in [0.25, 0.3) is 0 Å². The van der Waals surface area contributed by atoms with Gasteiger partial charge in [0.05, 0.1) is 0 Å². The molecule has 0 aliphatic heterocycles. The van der Waals surface area contributed by atoms with Crippen LogP contribution in [0.2, 0.25) is 0 Å². The number of rotatable bonds is 5. The van der Waals surface area contributed by atoms with Crippen LogP contribution in [-0.4, -0.2) is 12.1 Å². The highest BCUT2D eigenvalue weighted by molar-refractivity contribution is 5.51. The molecule has 2 heteroatoms. The molecule has 0 saturated heterocycles. The van der Waals surface area contributed by atoms with Gasteiger partial charge in [0.15, 0.2) is 0 Å². The summed E-state index contributed by atoms with van der Waals surface area (Å²) in [6.07, 6.45) is 0. The van der Waals surface area contributed by atoms with Crippen molar-refractivity contribution >= 4 is 5.69 Å². The average molecular weight is 269 g/mol. The molecule has 2 rings (SSSR count). The molecule has 0 spiro atoms. The van der Waals surface area contributed by atoms with Crippen molar-refractivity contribution in [2.75, 3.05) is 4.90 Å². The summed E-state index contributed by atoms with van der Waals surface area (Å²) < 4.78 is 5.82. The number of hydrogen-bond acceptors (Lipinski definition) is 2. The van der Waals surface area contributed by atoms with Crippen LogP contribution in [0, 0.1) is 0 Å². The zero-order chi connectivity index (χ0) is 14.5. The summed E-state index contributed by atoms with van der Waals surface area (Å²) in [6.45, 7) is 8.87. The molecule has 0 bridgehead atoms. The van der Waals surface area contributed by atoms with Gasteiger partial charge in [-0.1, -0.05) is 18.2 Å². The summed E-state index contributed by atoms with van der Waals surface area (Å²) in [7, 11) is 0. The van der Waals surface area contributed by atoms with Crippen molar-refractivity contribution in [1.82, 2.24) is 0 Å². The van der Waals surface area contributed by atoms with Crippen LogP contribution in [0.5, 0.6) is 11.5 Å². The lowest BCUT2D eigenvalue weighted by molar-refractivity contribution is 0.482. The quantitative estimate of drug-likeness (QED) is 0.748. The largest absolute Gasteiger partial charge is 0.457 e. The topological polar surface area (TPSA) is 12.5 Å². The first-order valence-electron chi connectivity index (χ1n) is 7.19. The molecule has 106 valence electrons. The van der Waals surface area contributed by atoms with Crippen molar-refractivity contribution in [2.45, 2.75) is 39.8 Å². The Hall–Kier alpha value is -1.96. The van der Waals surface area contributed by atoms with E-state index in [0.29, 0.717) is 12.1 Å². The van der Waals surface area contributed by atoms with Crippen LogP contribution in [0.3, 0.4) is 0 Å². The normalized spacial score (nSPS) is 10.9. The molecule has 0 aliphatic rings. The lowest BCUT2D eigenvalue weighted by Crippen LogP contribution is -2.36. The first kappa shape index (κ1) is 14.4. The van der Waals surface area contributed by atoms with Crippen molar-refractivity contribution in [3.05, 3.63) is 54.6 Å². The maximum atomic E-state index is 5.82. The molecule has 0 amide bonds. The SMILES string of the molecule is CC(C)N(c1ccc(Oc2ccccc2)cc1)C(C)C. The molecule has 0 saturated carbocycles. The summed E-state index contributed by atoms with van der Waals surface area (Å²) >= 11 is 0. The number of ether oxygens (including phenoxy) is 1. The van der Waals surface area contributed by atoms with Gasteiger partial charge in [-0.3, -0.25) is 0 Å². The van der Waals surface area contributed by atoms with Crippen molar-refractivity contribution in [2.24, 2.45) is 0 Å². The van der Waals surface area contributed by atoms with Crippen LogP contribution >= 0.6 is 0 Å². The number of anilines is 1. The Morgan fingerprint density at radius 1 is 0.700 bits per heavy atom. The summed E-state index contributed by atoms with van der Waals surface area (Å²) in [5.41, 5.74) is 1.23. The molecule has 0 unspecified atom stereocenters. The van der Waals surface area contributed by atoms with Crippen LogP contribution in [-0.2, 0) is 0 Å². The predicted molar refractivity (Wildman–Crippen MR) is 85.7 cm³/mol. The first-order valence-corrected chi connectivity index (χ1v) is 7.19. The Bertz CT molecular complexity index is 509. The monoisotopic (exact) mass is 269 g/mol. The zero-order valence-corrected chi connectivity index (χ0v) is 12.7. The molecule has 20 heavy (non-hydrogen) atoms. The van der Waals surface area contributed by atoms with E-state index in [1.165, 1.54) is 5.69 Å². The second kappa shape index (κ2) is 6.47. The number of benzene rings is 2. The minimum absolute atomic E-state index is 0.482. The predicted octanol–water partition coefficient (Wildman–Crippen LogP) is 5.10. The van der Waals surface area contributed by atoms with Gasteiger partial charge in [0.25, 0.3) is 0 Å². The molecule has 0 fully saturated rings. The highest BCUT2D eigenvalue weighted by Gasteiger charge is 2.13. The van der Waals surface area contributed by atoms with Gasteiger partial charge in [-0.25, -0.2) is 0 Å². The van der Waals surface area contributed by atoms with Crippen molar-refractivity contribution < 1.29 is 4.74 Å². The molecule has 0 aromatic heterocycles. The zero-order valence-electron chi connectivity index (χ0n) is 12.7. The minimum atomic E-state index is 0.482. The molecule has 0 heterocycles. The third kappa shape index (κ3) is 3.53. The van der Waals surface area contributed by atoms with Crippen molar-refractivity contribution in [1.29, 1.82) is 0 Å². The Balaban J connectivity index is 2.13. The summed E-state index contributed by atoms with van der Waals surface area (Å²) in [5, 5.41) is 0. The molecule has 2 nitrogen and oxygen atoms in total. The molecule has 2 aromatic rings. The summed E-state index contributed by atoms with van der Waals surface area (Å²) in [4.78, 5) is 2.40. The lowest BCUT2D eigenvalue weighted by atomic mass is 10.2. The van der Waals surface area contributed by atoms with Crippen LogP contribution < -0.4 is 9.64 Å². The highest BCUT2D eigenvalue weighted by Crippen LogP contribution is 2.26. The van der Waals surface area contributed by atoms with Crippen molar-refractivity contribution in [3.63, 3.8) is 0 Å². The van der Waals surface area contributed by atoms with Gasteiger partial charge < -0.3 is 9.64 Å². The van der Waals surface area contributed by atoms with Crippen LogP contribution in [0.15, 0.2) is 54.6 Å². The van der Waals surface area contributed by atoms with Crippen LogP contribution in [0.4, 0.5) is 5.69 Å². The maximum Gasteiger partial charge on any atom is 0.127 e. The fourth-order valence-corrected chi connectivity index (χ4v) is 2.50. The third-order valence-electron chi connectivity index (χ3n) is 3.23. The summed E-state index contributed by atoms with van der Waals surface area (Å²) in [6, 6.07) is 19.1. The van der Waals surface area contributed by atoms with E-state index in [0.717, 1.165) is 11.5 Å². The average Bonchev–Trinajstić information content (AvgIpc) is 2.41. The number of para-hydroxylation sites is 1. The van der Waals surface area contributed by atoms with Gasteiger partial charge in [0, 0.05) is 17.8 Å². The molecule has 0 N–H and O–H groups in total. The van der Waals surface area contributed by atoms with E-state index in [1.54, 1.807) is 0 Å². The van der Waals surface area contributed by atoms with E-state index in [-0.39, 0.29) is 0 Å².